The lowest BCUT2D eigenvalue weighted by Crippen LogP contribution is -2.26. The molecular weight excluding hydrogens is 218 g/mol. The largest absolute Gasteiger partial charge is 0.309 e. The first-order chi connectivity index (χ1) is 7.65. The van der Waals surface area contributed by atoms with Crippen molar-refractivity contribution in [2.75, 3.05) is 18.6 Å². The van der Waals surface area contributed by atoms with Crippen molar-refractivity contribution in [1.82, 2.24) is 15.3 Å². The van der Waals surface area contributed by atoms with Crippen LogP contribution in [0.5, 0.6) is 0 Å². The van der Waals surface area contributed by atoms with E-state index in [-0.39, 0.29) is 6.04 Å². The van der Waals surface area contributed by atoms with Crippen LogP contribution in [0.1, 0.15) is 31.3 Å². The molecule has 0 spiro atoms. The third-order valence-corrected chi connectivity index (χ3v) is 3.46. The van der Waals surface area contributed by atoms with E-state index in [2.05, 4.69) is 35.4 Å². The minimum Gasteiger partial charge on any atom is -0.309 e. The first kappa shape index (κ1) is 13.5. The average molecular weight is 239 g/mol. The molecule has 1 aromatic rings. The van der Waals surface area contributed by atoms with E-state index in [1.165, 1.54) is 5.75 Å². The lowest BCUT2D eigenvalue weighted by atomic mass is 10.1. The molecule has 0 aromatic carbocycles. The van der Waals surface area contributed by atoms with Gasteiger partial charge in [-0.2, -0.15) is 11.8 Å². The summed E-state index contributed by atoms with van der Waals surface area (Å²) in [5.74, 6) is 1.88. The molecule has 3 nitrogen and oxygen atoms in total. The summed E-state index contributed by atoms with van der Waals surface area (Å²) in [6, 6.07) is 0.276. The van der Waals surface area contributed by atoms with Crippen molar-refractivity contribution < 1.29 is 0 Å². The highest BCUT2D eigenvalue weighted by Gasteiger charge is 2.11. The Hall–Kier alpha value is -0.610. The highest BCUT2D eigenvalue weighted by Crippen LogP contribution is 2.12. The van der Waals surface area contributed by atoms with E-state index in [1.807, 2.05) is 18.7 Å². The van der Waals surface area contributed by atoms with Crippen LogP contribution >= 0.6 is 11.8 Å². The average Bonchev–Trinajstić information content (AvgIpc) is 2.27. The number of hydrogen-bond acceptors (Lipinski definition) is 4. The van der Waals surface area contributed by atoms with Gasteiger partial charge in [-0.25, -0.2) is 0 Å². The van der Waals surface area contributed by atoms with Crippen LogP contribution in [0.2, 0.25) is 0 Å². The van der Waals surface area contributed by atoms with Crippen LogP contribution < -0.4 is 5.32 Å². The van der Waals surface area contributed by atoms with E-state index in [0.717, 1.165) is 17.9 Å². The Morgan fingerprint density at radius 1 is 1.31 bits per heavy atom. The fourth-order valence-electron chi connectivity index (χ4n) is 1.66. The second kappa shape index (κ2) is 6.86. The van der Waals surface area contributed by atoms with Crippen LogP contribution in [-0.2, 0) is 0 Å². The number of thioether (sulfide) groups is 1. The predicted octanol–water partition coefficient (Wildman–Crippen LogP) is 2.43. The molecule has 0 bridgehead atoms. The van der Waals surface area contributed by atoms with E-state index >= 15 is 0 Å². The van der Waals surface area contributed by atoms with Gasteiger partial charge in [-0.1, -0.05) is 6.92 Å². The van der Waals surface area contributed by atoms with Crippen molar-refractivity contribution in [1.29, 1.82) is 0 Å². The van der Waals surface area contributed by atoms with E-state index < -0.39 is 0 Å². The van der Waals surface area contributed by atoms with Gasteiger partial charge in [0.2, 0.25) is 0 Å². The molecule has 0 aliphatic carbocycles. The number of aromatic nitrogens is 2. The van der Waals surface area contributed by atoms with Crippen molar-refractivity contribution in [2.45, 2.75) is 26.8 Å². The Kier molecular flexibility index (Phi) is 5.77. The van der Waals surface area contributed by atoms with Gasteiger partial charge in [0.1, 0.15) is 0 Å². The number of aryl methyl sites for hydroxylation is 1. The normalized spacial score (nSPS) is 14.8. The third kappa shape index (κ3) is 4.10. The molecule has 0 aliphatic rings. The lowest BCUT2D eigenvalue weighted by Gasteiger charge is -2.17. The van der Waals surface area contributed by atoms with Crippen LogP contribution in [0.15, 0.2) is 12.4 Å². The molecule has 2 unspecified atom stereocenters. The quantitative estimate of drug-likeness (QED) is 0.827. The highest BCUT2D eigenvalue weighted by molar-refractivity contribution is 7.98. The van der Waals surface area contributed by atoms with Crippen LogP contribution in [0.3, 0.4) is 0 Å². The Morgan fingerprint density at radius 3 is 2.62 bits per heavy atom. The van der Waals surface area contributed by atoms with Crippen molar-refractivity contribution in [3.63, 3.8) is 0 Å². The van der Waals surface area contributed by atoms with Gasteiger partial charge in [-0.3, -0.25) is 9.97 Å². The topological polar surface area (TPSA) is 37.8 Å². The second-order valence-corrected chi connectivity index (χ2v) is 5.13. The Balaban J connectivity index is 2.46. The van der Waals surface area contributed by atoms with Crippen molar-refractivity contribution in [3.8, 4) is 0 Å². The summed E-state index contributed by atoms with van der Waals surface area (Å²) < 4.78 is 0. The molecule has 0 aliphatic heterocycles. The third-order valence-electron chi connectivity index (χ3n) is 2.55. The summed E-state index contributed by atoms with van der Waals surface area (Å²) in [5, 5.41) is 3.51. The molecule has 0 amide bonds. The van der Waals surface area contributed by atoms with Gasteiger partial charge in [-0.05, 0) is 38.3 Å². The molecule has 0 saturated heterocycles. The predicted molar refractivity (Wildman–Crippen MR) is 70.7 cm³/mol. The fraction of sp³-hybridized carbons (Fsp3) is 0.667. The van der Waals surface area contributed by atoms with E-state index in [9.17, 15) is 0 Å². The van der Waals surface area contributed by atoms with Crippen molar-refractivity contribution in [2.24, 2.45) is 5.92 Å². The molecule has 4 heteroatoms. The second-order valence-electron chi connectivity index (χ2n) is 4.22. The molecule has 90 valence electrons. The first-order valence-corrected chi connectivity index (χ1v) is 7.04. The lowest BCUT2D eigenvalue weighted by molar-refractivity contribution is 0.491. The maximum Gasteiger partial charge on any atom is 0.0782 e. The first-order valence-electron chi connectivity index (χ1n) is 5.65. The molecule has 0 saturated carbocycles. The number of hydrogen-bond donors (Lipinski definition) is 1. The fourth-order valence-corrected chi connectivity index (χ4v) is 2.35. The zero-order valence-corrected chi connectivity index (χ0v) is 11.3. The molecule has 16 heavy (non-hydrogen) atoms. The van der Waals surface area contributed by atoms with E-state index in [4.69, 9.17) is 0 Å². The molecule has 1 rings (SSSR count). The Labute approximate surface area is 102 Å². The molecule has 2 atom stereocenters. The summed E-state index contributed by atoms with van der Waals surface area (Å²) in [6.45, 7) is 7.44. The summed E-state index contributed by atoms with van der Waals surface area (Å²) in [7, 11) is 0. The number of nitrogens with zero attached hydrogens (tertiary/aromatic N) is 2. The molecule has 0 fully saturated rings. The SMILES string of the molecule is CSCC(C)CNC(C)c1nccnc1C. The van der Waals surface area contributed by atoms with Crippen LogP contribution in [-0.4, -0.2) is 28.5 Å². The summed E-state index contributed by atoms with van der Waals surface area (Å²) >= 11 is 1.89. The van der Waals surface area contributed by atoms with Gasteiger partial charge < -0.3 is 5.32 Å². The molecule has 1 N–H and O–H groups in total. The number of nitrogens with one attached hydrogen (secondary N) is 1. The van der Waals surface area contributed by atoms with E-state index in [0.29, 0.717) is 5.92 Å². The zero-order valence-electron chi connectivity index (χ0n) is 10.5. The van der Waals surface area contributed by atoms with Gasteiger partial charge in [0, 0.05) is 18.4 Å². The summed E-state index contributed by atoms with van der Waals surface area (Å²) in [4.78, 5) is 8.63. The van der Waals surface area contributed by atoms with Crippen molar-refractivity contribution >= 4 is 11.8 Å². The standard InChI is InChI=1S/C12H21N3S/c1-9(8-16-4)7-15-11(3)12-10(2)13-5-6-14-12/h5-6,9,11,15H,7-8H2,1-4H3. The highest BCUT2D eigenvalue weighted by atomic mass is 32.2. The number of rotatable bonds is 6. The molecular formula is C12H21N3S. The monoisotopic (exact) mass is 239 g/mol. The summed E-state index contributed by atoms with van der Waals surface area (Å²) in [6.07, 6.45) is 5.64. The smallest absolute Gasteiger partial charge is 0.0782 e. The van der Waals surface area contributed by atoms with Gasteiger partial charge in [0.05, 0.1) is 11.4 Å². The summed E-state index contributed by atoms with van der Waals surface area (Å²) in [5.41, 5.74) is 2.07. The van der Waals surface area contributed by atoms with Crippen LogP contribution in [0.25, 0.3) is 0 Å². The van der Waals surface area contributed by atoms with Crippen LogP contribution in [0.4, 0.5) is 0 Å². The molecule has 1 heterocycles. The van der Waals surface area contributed by atoms with Gasteiger partial charge in [-0.15, -0.1) is 0 Å². The Bertz CT molecular complexity index is 317. The Morgan fingerprint density at radius 2 is 2.00 bits per heavy atom. The van der Waals surface area contributed by atoms with Gasteiger partial charge in [0.15, 0.2) is 0 Å². The van der Waals surface area contributed by atoms with Gasteiger partial charge in [0.25, 0.3) is 0 Å². The van der Waals surface area contributed by atoms with Crippen molar-refractivity contribution in [3.05, 3.63) is 23.8 Å². The minimum atomic E-state index is 0.276. The molecule has 0 radical (unpaired) electrons. The maximum absolute atomic E-state index is 4.37. The molecule has 1 aromatic heterocycles. The van der Waals surface area contributed by atoms with Crippen LogP contribution in [0, 0.1) is 12.8 Å². The van der Waals surface area contributed by atoms with Gasteiger partial charge >= 0.3 is 0 Å². The minimum absolute atomic E-state index is 0.276. The maximum atomic E-state index is 4.37. The zero-order chi connectivity index (χ0) is 12.0. The van der Waals surface area contributed by atoms with E-state index in [1.54, 1.807) is 12.4 Å².